The van der Waals surface area contributed by atoms with Crippen molar-refractivity contribution in [3.8, 4) is 5.75 Å². The molecule has 0 aromatic heterocycles. The van der Waals surface area contributed by atoms with Gasteiger partial charge in [0.2, 0.25) is 10.0 Å². The number of aromatic carboxylic acids is 1. The largest absolute Gasteiger partial charge is 0.507 e. The molecule has 20 heavy (non-hydrogen) atoms. The predicted octanol–water partition coefficient (Wildman–Crippen LogP) is 0.795. The van der Waals surface area contributed by atoms with Crippen LogP contribution in [0.5, 0.6) is 5.75 Å². The molecule has 112 valence electrons. The Hall–Kier alpha value is -1.64. The molecule has 0 saturated carbocycles. The molecule has 0 heterocycles. The van der Waals surface area contributed by atoms with Gasteiger partial charge in [0.1, 0.15) is 11.3 Å². The van der Waals surface area contributed by atoms with E-state index in [2.05, 4.69) is 4.72 Å². The number of carboxylic acids is 1. The molecule has 0 amide bonds. The first-order chi connectivity index (χ1) is 9.38. The molecule has 7 nitrogen and oxygen atoms in total. The van der Waals surface area contributed by atoms with Crippen molar-refractivity contribution in [3.05, 3.63) is 23.8 Å². The number of phenols is 1. The number of carboxylic acid groups (broad SMARTS) is 1. The van der Waals surface area contributed by atoms with Crippen LogP contribution in [0.15, 0.2) is 23.1 Å². The van der Waals surface area contributed by atoms with Gasteiger partial charge in [0.05, 0.1) is 4.90 Å². The van der Waals surface area contributed by atoms with Crippen molar-refractivity contribution in [1.29, 1.82) is 0 Å². The number of hydrogen-bond acceptors (Lipinski definition) is 5. The van der Waals surface area contributed by atoms with Gasteiger partial charge >= 0.3 is 5.97 Å². The first-order valence-corrected chi connectivity index (χ1v) is 7.41. The van der Waals surface area contributed by atoms with Gasteiger partial charge in [-0.05, 0) is 31.0 Å². The summed E-state index contributed by atoms with van der Waals surface area (Å²) in [5, 5.41) is 18.2. The fraction of sp³-hybridized carbons (Fsp3) is 0.417. The van der Waals surface area contributed by atoms with Gasteiger partial charge in [0.25, 0.3) is 0 Å². The standard InChI is InChI=1S/C12H17NO6S/c1-19-7-3-2-6-13-20(17,18)9-4-5-11(14)10(8-9)12(15)16/h4-5,8,13-14H,2-3,6-7H2,1H3,(H,15,16). The minimum absolute atomic E-state index is 0.195. The third-order valence-electron chi connectivity index (χ3n) is 2.58. The van der Waals surface area contributed by atoms with Crippen LogP contribution in [-0.4, -0.2) is 44.9 Å². The molecule has 0 unspecified atom stereocenters. The zero-order valence-corrected chi connectivity index (χ0v) is 11.8. The van der Waals surface area contributed by atoms with Crippen LogP contribution >= 0.6 is 0 Å². The van der Waals surface area contributed by atoms with Crippen molar-refractivity contribution in [2.75, 3.05) is 20.3 Å². The first-order valence-electron chi connectivity index (χ1n) is 5.93. The SMILES string of the molecule is COCCCCNS(=O)(=O)c1ccc(O)c(C(=O)O)c1. The lowest BCUT2D eigenvalue weighted by molar-refractivity contribution is 0.0693. The van der Waals surface area contributed by atoms with E-state index in [9.17, 15) is 18.3 Å². The Morgan fingerprint density at radius 1 is 1.35 bits per heavy atom. The number of unbranched alkanes of at least 4 members (excludes halogenated alkanes) is 1. The number of ether oxygens (including phenoxy) is 1. The van der Waals surface area contributed by atoms with Crippen LogP contribution < -0.4 is 4.72 Å². The number of carbonyl (C=O) groups is 1. The summed E-state index contributed by atoms with van der Waals surface area (Å²) in [6.45, 7) is 0.777. The van der Waals surface area contributed by atoms with E-state index in [0.29, 0.717) is 13.0 Å². The molecule has 0 spiro atoms. The number of benzene rings is 1. The van der Waals surface area contributed by atoms with Gasteiger partial charge in [-0.15, -0.1) is 0 Å². The van der Waals surface area contributed by atoms with Crippen molar-refractivity contribution >= 4 is 16.0 Å². The van der Waals surface area contributed by atoms with Crippen LogP contribution in [0.3, 0.4) is 0 Å². The van der Waals surface area contributed by atoms with Crippen LogP contribution in [0, 0.1) is 0 Å². The molecule has 0 aliphatic rings. The Morgan fingerprint density at radius 2 is 2.05 bits per heavy atom. The second kappa shape index (κ2) is 7.22. The van der Waals surface area contributed by atoms with Gasteiger partial charge in [-0.25, -0.2) is 17.9 Å². The number of nitrogens with one attached hydrogen (secondary N) is 1. The molecule has 0 fully saturated rings. The summed E-state index contributed by atoms with van der Waals surface area (Å²) in [6, 6.07) is 3.12. The number of aromatic hydroxyl groups is 1. The highest BCUT2D eigenvalue weighted by Crippen LogP contribution is 2.21. The molecular formula is C12H17NO6S. The van der Waals surface area contributed by atoms with E-state index in [1.165, 1.54) is 0 Å². The minimum atomic E-state index is -3.79. The lowest BCUT2D eigenvalue weighted by Gasteiger charge is -2.08. The highest BCUT2D eigenvalue weighted by Gasteiger charge is 2.18. The minimum Gasteiger partial charge on any atom is -0.507 e. The maximum Gasteiger partial charge on any atom is 0.339 e. The molecule has 0 radical (unpaired) electrons. The summed E-state index contributed by atoms with van der Waals surface area (Å²) in [5.74, 6) is -1.86. The Kier molecular flexibility index (Phi) is 5.93. The Bertz CT molecular complexity index is 569. The monoisotopic (exact) mass is 303 g/mol. The van der Waals surface area contributed by atoms with E-state index in [-0.39, 0.29) is 11.4 Å². The zero-order chi connectivity index (χ0) is 15.2. The second-order valence-corrected chi connectivity index (χ2v) is 5.85. The second-order valence-electron chi connectivity index (χ2n) is 4.08. The Balaban J connectivity index is 2.77. The topological polar surface area (TPSA) is 113 Å². The molecule has 8 heteroatoms. The highest BCUT2D eigenvalue weighted by atomic mass is 32.2. The maximum atomic E-state index is 11.9. The molecule has 0 saturated heterocycles. The van der Waals surface area contributed by atoms with Crippen LogP contribution in [0.25, 0.3) is 0 Å². The lowest BCUT2D eigenvalue weighted by atomic mass is 10.2. The highest BCUT2D eigenvalue weighted by molar-refractivity contribution is 7.89. The fourth-order valence-electron chi connectivity index (χ4n) is 1.51. The van der Waals surface area contributed by atoms with Gasteiger partial charge in [0.15, 0.2) is 0 Å². The van der Waals surface area contributed by atoms with E-state index in [0.717, 1.165) is 24.6 Å². The zero-order valence-electron chi connectivity index (χ0n) is 11.0. The van der Waals surface area contributed by atoms with Crippen molar-refractivity contribution < 1.29 is 28.2 Å². The molecule has 1 aromatic carbocycles. The molecule has 0 atom stereocenters. The van der Waals surface area contributed by atoms with Crippen molar-refractivity contribution in [1.82, 2.24) is 4.72 Å². The third kappa shape index (κ3) is 4.48. The first kappa shape index (κ1) is 16.4. The lowest BCUT2D eigenvalue weighted by Crippen LogP contribution is -2.25. The van der Waals surface area contributed by atoms with E-state index in [4.69, 9.17) is 9.84 Å². The Labute approximate surface area is 117 Å². The predicted molar refractivity (Wildman–Crippen MR) is 71.4 cm³/mol. The van der Waals surface area contributed by atoms with Gasteiger partial charge in [0, 0.05) is 20.3 Å². The molecule has 3 N–H and O–H groups in total. The van der Waals surface area contributed by atoms with Gasteiger partial charge in [-0.2, -0.15) is 0 Å². The average molecular weight is 303 g/mol. The molecule has 1 rings (SSSR count). The summed E-state index contributed by atoms with van der Waals surface area (Å²) in [4.78, 5) is 10.6. The van der Waals surface area contributed by atoms with Crippen molar-refractivity contribution in [2.24, 2.45) is 0 Å². The van der Waals surface area contributed by atoms with E-state index >= 15 is 0 Å². The molecule has 1 aromatic rings. The Morgan fingerprint density at radius 3 is 2.65 bits per heavy atom. The number of rotatable bonds is 8. The van der Waals surface area contributed by atoms with Gasteiger partial charge < -0.3 is 14.9 Å². The van der Waals surface area contributed by atoms with Gasteiger partial charge in [-0.1, -0.05) is 0 Å². The van der Waals surface area contributed by atoms with E-state index in [1.807, 2.05) is 0 Å². The summed E-state index contributed by atoms with van der Waals surface area (Å²) < 4.78 is 31.1. The fourth-order valence-corrected chi connectivity index (χ4v) is 2.61. The summed E-state index contributed by atoms with van der Waals surface area (Å²) in [5.41, 5.74) is -0.452. The average Bonchev–Trinajstić information content (AvgIpc) is 2.38. The molecule has 0 aliphatic heterocycles. The summed E-state index contributed by atoms with van der Waals surface area (Å²) in [6.07, 6.45) is 1.33. The third-order valence-corrected chi connectivity index (χ3v) is 4.03. The van der Waals surface area contributed by atoms with Crippen molar-refractivity contribution in [2.45, 2.75) is 17.7 Å². The molecular weight excluding hydrogens is 286 g/mol. The smallest absolute Gasteiger partial charge is 0.339 e. The summed E-state index contributed by atoms with van der Waals surface area (Å²) in [7, 11) is -2.22. The quantitative estimate of drug-likeness (QED) is 0.612. The number of hydrogen-bond donors (Lipinski definition) is 3. The summed E-state index contributed by atoms with van der Waals surface area (Å²) >= 11 is 0. The van der Waals surface area contributed by atoms with E-state index < -0.39 is 27.3 Å². The van der Waals surface area contributed by atoms with Gasteiger partial charge in [-0.3, -0.25) is 0 Å². The van der Waals surface area contributed by atoms with Crippen LogP contribution in [0.2, 0.25) is 0 Å². The van der Waals surface area contributed by atoms with E-state index in [1.54, 1.807) is 7.11 Å². The van der Waals surface area contributed by atoms with Crippen LogP contribution in [0.4, 0.5) is 0 Å². The normalized spacial score (nSPS) is 11.4. The molecule has 0 bridgehead atoms. The van der Waals surface area contributed by atoms with Crippen LogP contribution in [0.1, 0.15) is 23.2 Å². The van der Waals surface area contributed by atoms with Crippen molar-refractivity contribution in [3.63, 3.8) is 0 Å². The number of sulfonamides is 1. The molecule has 0 aliphatic carbocycles. The van der Waals surface area contributed by atoms with Crippen LogP contribution in [-0.2, 0) is 14.8 Å². The maximum absolute atomic E-state index is 11.9. The number of methoxy groups -OCH3 is 1.